The third-order valence-corrected chi connectivity index (χ3v) is 6.07. The maximum absolute atomic E-state index is 11.7. The molecule has 0 radical (unpaired) electrons. The molecule has 0 atom stereocenters. The first-order chi connectivity index (χ1) is 12.6. The van der Waals surface area contributed by atoms with Crippen molar-refractivity contribution in [2.75, 3.05) is 39.3 Å². The number of anilines is 1. The Balaban J connectivity index is 1.79. The predicted molar refractivity (Wildman–Crippen MR) is 102 cm³/mol. The summed E-state index contributed by atoms with van der Waals surface area (Å²) in [5.74, 6) is 0.356. The van der Waals surface area contributed by atoms with E-state index < -0.39 is 5.97 Å². The van der Waals surface area contributed by atoms with Crippen LogP contribution in [0.25, 0.3) is 0 Å². The highest BCUT2D eigenvalue weighted by Crippen LogP contribution is 2.37. The number of nitrogens with one attached hydrogen (secondary N) is 1. The lowest BCUT2D eigenvalue weighted by Gasteiger charge is -2.38. The van der Waals surface area contributed by atoms with Gasteiger partial charge in [0.25, 0.3) is 0 Å². The Morgan fingerprint density at radius 1 is 1.31 bits per heavy atom. The molecule has 1 aliphatic rings. The number of thiazole rings is 1. The molecule has 26 heavy (non-hydrogen) atoms. The minimum absolute atomic E-state index is 0.0753. The van der Waals surface area contributed by atoms with Crippen molar-refractivity contribution in [2.24, 2.45) is 0 Å². The van der Waals surface area contributed by atoms with Crippen LogP contribution < -0.4 is 10.1 Å². The minimum atomic E-state index is -0.475. The molecule has 1 aromatic carbocycles. The van der Waals surface area contributed by atoms with Gasteiger partial charge >= 0.3 is 5.97 Å². The lowest BCUT2D eigenvalue weighted by Crippen LogP contribution is -2.40. The monoisotopic (exact) mass is 396 g/mol. The third kappa shape index (κ3) is 3.95. The number of carbonyl (C=O) groups is 1. The van der Waals surface area contributed by atoms with E-state index in [0.717, 1.165) is 18.6 Å². The topological polar surface area (TPSA) is 69.7 Å². The second-order valence-corrected chi connectivity index (χ2v) is 7.46. The van der Waals surface area contributed by atoms with Crippen molar-refractivity contribution in [2.45, 2.75) is 18.3 Å². The van der Waals surface area contributed by atoms with E-state index in [4.69, 9.17) is 25.8 Å². The van der Waals surface area contributed by atoms with Crippen molar-refractivity contribution in [3.8, 4) is 5.75 Å². The van der Waals surface area contributed by atoms with Gasteiger partial charge in [-0.05, 0) is 30.5 Å². The molecule has 2 aromatic rings. The summed E-state index contributed by atoms with van der Waals surface area (Å²) in [6.45, 7) is 2.09. The van der Waals surface area contributed by atoms with Gasteiger partial charge in [0.2, 0.25) is 0 Å². The van der Waals surface area contributed by atoms with Gasteiger partial charge in [-0.1, -0.05) is 35.1 Å². The molecule has 3 rings (SSSR count). The average Bonchev–Trinajstić information content (AvgIpc) is 3.07. The number of hydrogen-bond donors (Lipinski definition) is 1. The van der Waals surface area contributed by atoms with E-state index in [2.05, 4.69) is 22.4 Å². The van der Waals surface area contributed by atoms with E-state index in [1.807, 2.05) is 12.1 Å². The van der Waals surface area contributed by atoms with Crippen molar-refractivity contribution in [1.82, 2.24) is 4.98 Å². The zero-order valence-electron chi connectivity index (χ0n) is 14.7. The summed E-state index contributed by atoms with van der Waals surface area (Å²) in [5.41, 5.74) is 1.15. The molecular weight excluding hydrogens is 376 g/mol. The van der Waals surface area contributed by atoms with Crippen LogP contribution in [0.3, 0.4) is 0 Å². The number of methoxy groups -OCH3 is 2. The van der Waals surface area contributed by atoms with Crippen molar-refractivity contribution < 1.29 is 19.0 Å². The number of esters is 1. The molecule has 0 spiro atoms. The van der Waals surface area contributed by atoms with Crippen LogP contribution in [0.2, 0.25) is 5.15 Å². The molecule has 0 bridgehead atoms. The summed E-state index contributed by atoms with van der Waals surface area (Å²) in [6.07, 6.45) is 1.80. The quantitative estimate of drug-likeness (QED) is 0.750. The smallest absolute Gasteiger partial charge is 0.351 e. The zero-order chi connectivity index (χ0) is 18.6. The molecule has 1 N–H and O–H groups in total. The predicted octanol–water partition coefficient (Wildman–Crippen LogP) is 3.75. The molecule has 0 amide bonds. The van der Waals surface area contributed by atoms with Gasteiger partial charge in [0, 0.05) is 25.2 Å². The summed E-state index contributed by atoms with van der Waals surface area (Å²) in [7, 11) is 2.98. The Morgan fingerprint density at radius 2 is 2.00 bits per heavy atom. The van der Waals surface area contributed by atoms with Crippen molar-refractivity contribution in [1.29, 1.82) is 0 Å². The van der Waals surface area contributed by atoms with E-state index in [9.17, 15) is 4.79 Å². The highest BCUT2D eigenvalue weighted by atomic mass is 35.5. The summed E-state index contributed by atoms with van der Waals surface area (Å²) < 4.78 is 15.6. The standard InChI is InChI=1S/C18H21ClN2O4S/c1-23-13-5-3-12(4-6-13)18(7-9-25-10-8-18)11-20-17-21-15(19)14(26-17)16(22)24-2/h3-6H,7-11H2,1-2H3,(H,20,21). The molecule has 8 heteroatoms. The SMILES string of the molecule is COC(=O)c1sc(NCC2(c3ccc(OC)cc3)CCOCC2)nc1Cl. The van der Waals surface area contributed by atoms with Crippen molar-refractivity contribution in [3.63, 3.8) is 0 Å². The molecule has 2 heterocycles. The van der Waals surface area contributed by atoms with Gasteiger partial charge in [-0.15, -0.1) is 0 Å². The first kappa shape index (κ1) is 18.9. The first-order valence-electron chi connectivity index (χ1n) is 8.29. The Labute approximate surface area is 161 Å². The number of benzene rings is 1. The Kier molecular flexibility index (Phi) is 6.01. The molecule has 1 fully saturated rings. The minimum Gasteiger partial charge on any atom is -0.497 e. The van der Waals surface area contributed by atoms with E-state index in [1.165, 1.54) is 24.0 Å². The molecule has 0 unspecified atom stereocenters. The summed E-state index contributed by atoms with van der Waals surface area (Å²) in [6, 6.07) is 8.14. The maximum atomic E-state index is 11.7. The van der Waals surface area contributed by atoms with Gasteiger partial charge in [0.05, 0.1) is 14.2 Å². The van der Waals surface area contributed by atoms with Gasteiger partial charge in [-0.2, -0.15) is 0 Å². The number of nitrogens with zero attached hydrogens (tertiary/aromatic N) is 1. The zero-order valence-corrected chi connectivity index (χ0v) is 16.3. The largest absolute Gasteiger partial charge is 0.497 e. The second-order valence-electron chi connectivity index (χ2n) is 6.11. The van der Waals surface area contributed by atoms with Crippen LogP contribution in [-0.2, 0) is 14.9 Å². The number of rotatable bonds is 6. The molecule has 6 nitrogen and oxygen atoms in total. The summed E-state index contributed by atoms with van der Waals surface area (Å²) in [5, 5.41) is 4.12. The van der Waals surface area contributed by atoms with E-state index in [-0.39, 0.29) is 10.6 Å². The second kappa shape index (κ2) is 8.24. The average molecular weight is 397 g/mol. The van der Waals surface area contributed by atoms with Gasteiger partial charge in [0.1, 0.15) is 5.75 Å². The van der Waals surface area contributed by atoms with Crippen molar-refractivity contribution in [3.05, 3.63) is 39.9 Å². The Hall–Kier alpha value is -1.83. The van der Waals surface area contributed by atoms with Gasteiger partial charge < -0.3 is 19.5 Å². The van der Waals surface area contributed by atoms with Crippen LogP contribution in [0.15, 0.2) is 24.3 Å². The molecule has 0 saturated carbocycles. The third-order valence-electron chi connectivity index (χ3n) is 4.69. The molecule has 0 aliphatic carbocycles. The van der Waals surface area contributed by atoms with E-state index in [1.54, 1.807) is 7.11 Å². The Morgan fingerprint density at radius 3 is 2.62 bits per heavy atom. The highest BCUT2D eigenvalue weighted by molar-refractivity contribution is 7.18. The fraction of sp³-hybridized carbons (Fsp3) is 0.444. The van der Waals surface area contributed by atoms with Crippen molar-refractivity contribution >= 4 is 34.0 Å². The van der Waals surface area contributed by atoms with Crippen LogP contribution in [0.4, 0.5) is 5.13 Å². The number of carbonyl (C=O) groups excluding carboxylic acids is 1. The van der Waals surface area contributed by atoms with Gasteiger partial charge in [-0.3, -0.25) is 0 Å². The van der Waals surface area contributed by atoms with Crippen LogP contribution in [0.1, 0.15) is 28.1 Å². The highest BCUT2D eigenvalue weighted by Gasteiger charge is 2.35. The van der Waals surface area contributed by atoms with Crippen LogP contribution in [-0.4, -0.2) is 44.9 Å². The number of ether oxygens (including phenoxy) is 3. The fourth-order valence-corrected chi connectivity index (χ4v) is 4.21. The van der Waals surface area contributed by atoms with Crippen LogP contribution in [0, 0.1) is 0 Å². The normalized spacial score (nSPS) is 16.1. The molecule has 1 aromatic heterocycles. The first-order valence-corrected chi connectivity index (χ1v) is 9.48. The molecule has 1 saturated heterocycles. The molecular formula is C18H21ClN2O4S. The lowest BCUT2D eigenvalue weighted by atomic mass is 9.74. The number of aromatic nitrogens is 1. The van der Waals surface area contributed by atoms with E-state index >= 15 is 0 Å². The number of halogens is 1. The summed E-state index contributed by atoms with van der Waals surface area (Å²) in [4.78, 5) is 16.3. The molecule has 140 valence electrons. The fourth-order valence-electron chi connectivity index (χ4n) is 3.11. The van der Waals surface area contributed by atoms with Crippen LogP contribution in [0.5, 0.6) is 5.75 Å². The van der Waals surface area contributed by atoms with E-state index in [0.29, 0.717) is 29.8 Å². The number of hydrogen-bond acceptors (Lipinski definition) is 7. The molecule has 1 aliphatic heterocycles. The Bertz CT molecular complexity index is 757. The van der Waals surface area contributed by atoms with Crippen LogP contribution >= 0.6 is 22.9 Å². The summed E-state index contributed by atoms with van der Waals surface area (Å²) >= 11 is 7.25. The van der Waals surface area contributed by atoms with Gasteiger partial charge in [-0.25, -0.2) is 9.78 Å². The maximum Gasteiger partial charge on any atom is 0.351 e. The lowest BCUT2D eigenvalue weighted by molar-refractivity contribution is 0.0543. The van der Waals surface area contributed by atoms with Gasteiger partial charge in [0.15, 0.2) is 15.2 Å².